The number of H-pyrrole nitrogens is 1. The second-order valence-electron chi connectivity index (χ2n) is 1.02. The molecule has 0 unspecified atom stereocenters. The van der Waals surface area contributed by atoms with Crippen LogP contribution >= 0.6 is 0 Å². The van der Waals surface area contributed by atoms with Gasteiger partial charge >= 0.3 is 0 Å². The highest BCUT2D eigenvalue weighted by Gasteiger charge is 1.83. The predicted octanol–water partition coefficient (Wildman–Crippen LogP) is 0.0816. The van der Waals surface area contributed by atoms with E-state index >= 15 is 0 Å². The molecule has 1 radical (unpaired) electrons. The summed E-state index contributed by atoms with van der Waals surface area (Å²) in [6.45, 7) is 0. The first-order chi connectivity index (χ1) is 3.43. The van der Waals surface area contributed by atoms with Crippen molar-refractivity contribution in [1.82, 2.24) is 9.97 Å². The highest BCUT2D eigenvalue weighted by molar-refractivity contribution is 5.13. The topological polar surface area (TPSA) is 52.5 Å². The number of nitrogens with zero attached hydrogens (tertiary/aromatic N) is 2. The van der Waals surface area contributed by atoms with Crippen LogP contribution in [0.5, 0.6) is 0 Å². The molecule has 0 amide bonds. The SMILES string of the molecule is N#Cc1cn[c][nH]1. The zero-order valence-electron chi connectivity index (χ0n) is 3.47. The maximum Gasteiger partial charge on any atom is 0.174 e. The monoisotopic (exact) mass is 92.0 g/mol. The van der Waals surface area contributed by atoms with E-state index in [4.69, 9.17) is 5.26 Å². The molecule has 7 heavy (non-hydrogen) atoms. The fourth-order valence-corrected chi connectivity index (χ4v) is 0.278. The summed E-state index contributed by atoms with van der Waals surface area (Å²) < 4.78 is 0. The van der Waals surface area contributed by atoms with Crippen molar-refractivity contribution in [2.24, 2.45) is 0 Å². The minimum absolute atomic E-state index is 0.444. The maximum absolute atomic E-state index is 8.09. The second-order valence-corrected chi connectivity index (χ2v) is 1.02. The van der Waals surface area contributed by atoms with Gasteiger partial charge in [-0.3, -0.25) is 0 Å². The van der Waals surface area contributed by atoms with Crippen molar-refractivity contribution in [3.8, 4) is 6.07 Å². The Kier molecular flexibility index (Phi) is 0.794. The standard InChI is InChI=1S/C4H2N3/c5-1-4-2-6-3-7-4/h2H,(H,6,7). The summed E-state index contributed by atoms with van der Waals surface area (Å²) in [4.78, 5) is 5.98. The molecule has 1 aromatic heterocycles. The third-order valence-electron chi connectivity index (χ3n) is 0.569. The van der Waals surface area contributed by atoms with E-state index in [-0.39, 0.29) is 0 Å². The lowest BCUT2D eigenvalue weighted by Crippen LogP contribution is -1.64. The molecule has 1 heterocycles. The van der Waals surface area contributed by atoms with E-state index in [1.807, 2.05) is 6.07 Å². The van der Waals surface area contributed by atoms with Crippen molar-refractivity contribution >= 4 is 0 Å². The first-order valence-electron chi connectivity index (χ1n) is 1.74. The van der Waals surface area contributed by atoms with Crippen molar-refractivity contribution in [2.75, 3.05) is 0 Å². The molecule has 1 N–H and O–H groups in total. The summed E-state index contributed by atoms with van der Waals surface area (Å²) >= 11 is 0. The van der Waals surface area contributed by atoms with Gasteiger partial charge < -0.3 is 4.98 Å². The molecule has 0 fully saturated rings. The van der Waals surface area contributed by atoms with Crippen LogP contribution in [0.15, 0.2) is 6.20 Å². The minimum Gasteiger partial charge on any atom is -0.327 e. The molecule has 0 aliphatic heterocycles. The second kappa shape index (κ2) is 1.43. The lowest BCUT2D eigenvalue weighted by molar-refractivity contribution is 1.27. The van der Waals surface area contributed by atoms with Crippen LogP contribution in [-0.4, -0.2) is 9.97 Å². The summed E-state index contributed by atoms with van der Waals surface area (Å²) in [5, 5.41) is 8.09. The molecule has 33 valence electrons. The smallest absolute Gasteiger partial charge is 0.174 e. The van der Waals surface area contributed by atoms with Crippen LogP contribution in [0.25, 0.3) is 0 Å². The summed E-state index contributed by atoms with van der Waals surface area (Å²) in [6.07, 6.45) is 3.80. The fourth-order valence-electron chi connectivity index (χ4n) is 0.278. The van der Waals surface area contributed by atoms with Crippen molar-refractivity contribution in [3.05, 3.63) is 18.2 Å². The van der Waals surface area contributed by atoms with Crippen LogP contribution in [-0.2, 0) is 0 Å². The first kappa shape index (κ1) is 3.88. The van der Waals surface area contributed by atoms with E-state index < -0.39 is 0 Å². The van der Waals surface area contributed by atoms with E-state index in [1.54, 1.807) is 0 Å². The summed E-state index contributed by atoms with van der Waals surface area (Å²) in [6, 6.07) is 1.86. The van der Waals surface area contributed by atoms with E-state index in [2.05, 4.69) is 16.3 Å². The first-order valence-corrected chi connectivity index (χ1v) is 1.74. The Bertz CT molecular complexity index is 169. The molecule has 0 aliphatic carbocycles. The van der Waals surface area contributed by atoms with Crippen LogP contribution < -0.4 is 0 Å². The number of imidazole rings is 1. The summed E-state index contributed by atoms with van der Waals surface area (Å²) in [5.74, 6) is 0. The molecule has 1 aromatic rings. The van der Waals surface area contributed by atoms with Crippen LogP contribution in [0.2, 0.25) is 0 Å². The Balaban J connectivity index is 3.04. The van der Waals surface area contributed by atoms with Gasteiger partial charge in [-0.2, -0.15) is 5.26 Å². The van der Waals surface area contributed by atoms with Gasteiger partial charge in [-0.25, -0.2) is 4.98 Å². The number of hydrogen-bond acceptors (Lipinski definition) is 2. The van der Waals surface area contributed by atoms with Crippen molar-refractivity contribution in [3.63, 3.8) is 0 Å². The van der Waals surface area contributed by atoms with Gasteiger partial charge in [0, 0.05) is 0 Å². The van der Waals surface area contributed by atoms with E-state index in [0.29, 0.717) is 5.69 Å². The number of rotatable bonds is 0. The highest BCUT2D eigenvalue weighted by atomic mass is 14.9. The Labute approximate surface area is 40.6 Å². The lowest BCUT2D eigenvalue weighted by Gasteiger charge is -1.63. The average Bonchev–Trinajstić information content (AvgIpc) is 2.14. The number of nitrogens with one attached hydrogen (secondary N) is 1. The van der Waals surface area contributed by atoms with E-state index in [0.717, 1.165) is 0 Å². The van der Waals surface area contributed by atoms with Gasteiger partial charge in [0.05, 0.1) is 6.20 Å². The average molecular weight is 92.1 g/mol. The minimum atomic E-state index is 0.444. The Hall–Kier alpha value is -1.30. The van der Waals surface area contributed by atoms with Gasteiger partial charge in [-0.1, -0.05) is 0 Å². The Morgan fingerprint density at radius 2 is 2.86 bits per heavy atom. The molecular weight excluding hydrogens is 90.1 g/mol. The molecule has 3 heteroatoms. The van der Waals surface area contributed by atoms with Gasteiger partial charge in [-0.05, 0) is 0 Å². The maximum atomic E-state index is 8.09. The van der Waals surface area contributed by atoms with Crippen molar-refractivity contribution < 1.29 is 0 Å². The largest absolute Gasteiger partial charge is 0.327 e. The number of hydrogen-bond donors (Lipinski definition) is 1. The number of aromatic nitrogens is 2. The molecule has 0 bridgehead atoms. The summed E-state index contributed by atoms with van der Waals surface area (Å²) in [7, 11) is 0. The molecule has 0 saturated heterocycles. The molecular formula is C4H2N3. The van der Waals surface area contributed by atoms with Gasteiger partial charge in [0.2, 0.25) is 0 Å². The molecule has 0 saturated carbocycles. The molecule has 0 aliphatic rings. The van der Waals surface area contributed by atoms with Crippen molar-refractivity contribution in [1.29, 1.82) is 5.26 Å². The molecule has 0 spiro atoms. The number of nitriles is 1. The van der Waals surface area contributed by atoms with Crippen LogP contribution in [0, 0.1) is 17.7 Å². The van der Waals surface area contributed by atoms with E-state index in [9.17, 15) is 0 Å². The van der Waals surface area contributed by atoms with Gasteiger partial charge in [-0.15, -0.1) is 0 Å². The quantitative estimate of drug-likeness (QED) is 0.492. The predicted molar refractivity (Wildman–Crippen MR) is 22.1 cm³/mol. The van der Waals surface area contributed by atoms with Gasteiger partial charge in [0.15, 0.2) is 6.33 Å². The molecule has 1 rings (SSSR count). The van der Waals surface area contributed by atoms with Crippen molar-refractivity contribution in [2.45, 2.75) is 0 Å². The lowest BCUT2D eigenvalue weighted by atomic mass is 10.6. The van der Waals surface area contributed by atoms with Crippen LogP contribution in [0.3, 0.4) is 0 Å². The zero-order chi connectivity index (χ0) is 5.11. The van der Waals surface area contributed by atoms with Gasteiger partial charge in [0.25, 0.3) is 0 Å². The molecule has 0 atom stereocenters. The van der Waals surface area contributed by atoms with E-state index in [1.165, 1.54) is 6.20 Å². The zero-order valence-corrected chi connectivity index (χ0v) is 3.47. The Morgan fingerprint density at radius 3 is 3.14 bits per heavy atom. The van der Waals surface area contributed by atoms with Crippen LogP contribution in [0.1, 0.15) is 5.69 Å². The van der Waals surface area contributed by atoms with Gasteiger partial charge in [0.1, 0.15) is 11.8 Å². The normalized spacial score (nSPS) is 7.86. The van der Waals surface area contributed by atoms with Crippen LogP contribution in [0.4, 0.5) is 0 Å². The number of aromatic amines is 1. The third-order valence-corrected chi connectivity index (χ3v) is 0.569. The summed E-state index contributed by atoms with van der Waals surface area (Å²) in [5.41, 5.74) is 0.444. The highest BCUT2D eigenvalue weighted by Crippen LogP contribution is 1.81. The molecule has 3 nitrogen and oxygen atoms in total. The molecule has 0 aromatic carbocycles. The fraction of sp³-hybridized carbons (Fsp3) is 0. The Morgan fingerprint density at radius 1 is 2.00 bits per heavy atom. The third kappa shape index (κ3) is 0.578.